The maximum absolute atomic E-state index is 12.6. The van der Waals surface area contributed by atoms with Gasteiger partial charge < -0.3 is 15.2 Å². The summed E-state index contributed by atoms with van der Waals surface area (Å²) < 4.78 is 6.36. The van der Waals surface area contributed by atoms with Crippen molar-refractivity contribution in [3.63, 3.8) is 0 Å². The number of carbonyl (C=O) groups excluding carboxylic acids is 1. The summed E-state index contributed by atoms with van der Waals surface area (Å²) in [5.74, 6) is -1.17. The number of aryl methyl sites for hydroxylation is 1. The molecule has 0 bridgehead atoms. The molecule has 1 aliphatic heterocycles. The van der Waals surface area contributed by atoms with Crippen LogP contribution in [0.4, 0.5) is 0 Å². The molecular formula is C16H17NO4S. The molecule has 22 heavy (non-hydrogen) atoms. The third kappa shape index (κ3) is 2.84. The van der Waals surface area contributed by atoms with E-state index < -0.39 is 11.5 Å². The Morgan fingerprint density at radius 1 is 1.45 bits per heavy atom. The summed E-state index contributed by atoms with van der Waals surface area (Å²) >= 11 is 1.52. The number of hydrogen-bond donors (Lipinski definition) is 2. The Hall–Kier alpha value is -1.92. The van der Waals surface area contributed by atoms with E-state index in [1.165, 1.54) is 11.3 Å². The fourth-order valence-electron chi connectivity index (χ4n) is 2.80. The first-order valence-electron chi connectivity index (χ1n) is 7.09. The van der Waals surface area contributed by atoms with Crippen LogP contribution in [-0.2, 0) is 9.53 Å². The van der Waals surface area contributed by atoms with Gasteiger partial charge in [-0.25, -0.2) is 0 Å². The van der Waals surface area contributed by atoms with E-state index in [-0.39, 0.29) is 18.9 Å². The monoisotopic (exact) mass is 319 g/mol. The van der Waals surface area contributed by atoms with E-state index in [4.69, 9.17) is 9.84 Å². The maximum atomic E-state index is 12.6. The summed E-state index contributed by atoms with van der Waals surface area (Å²) in [6.07, 6.45) is 0.395. The van der Waals surface area contributed by atoms with Gasteiger partial charge in [-0.3, -0.25) is 9.59 Å². The Morgan fingerprint density at radius 2 is 2.27 bits per heavy atom. The van der Waals surface area contributed by atoms with Gasteiger partial charge >= 0.3 is 5.97 Å². The van der Waals surface area contributed by atoms with E-state index in [2.05, 4.69) is 5.32 Å². The van der Waals surface area contributed by atoms with Crippen molar-refractivity contribution in [1.29, 1.82) is 0 Å². The molecule has 1 aliphatic rings. The van der Waals surface area contributed by atoms with E-state index in [0.29, 0.717) is 18.6 Å². The molecule has 2 aromatic rings. The standard InChI is InChI=1S/C16H17NO4S/c1-10-2-3-11-12(8-22-13(11)6-10)15(20)17-16(7-14(18)19)4-5-21-9-16/h2-3,6,8H,4-5,7,9H2,1H3,(H,17,20)(H,18,19). The number of thiophene rings is 1. The quantitative estimate of drug-likeness (QED) is 0.908. The third-order valence-electron chi connectivity index (χ3n) is 3.95. The van der Waals surface area contributed by atoms with Crippen molar-refractivity contribution in [2.75, 3.05) is 13.2 Å². The molecule has 3 rings (SSSR count). The van der Waals surface area contributed by atoms with Crippen LogP contribution in [-0.4, -0.2) is 35.7 Å². The van der Waals surface area contributed by atoms with Crippen molar-refractivity contribution in [2.24, 2.45) is 0 Å². The zero-order valence-electron chi connectivity index (χ0n) is 12.2. The van der Waals surface area contributed by atoms with Gasteiger partial charge in [0.2, 0.25) is 0 Å². The number of amides is 1. The van der Waals surface area contributed by atoms with Crippen LogP contribution in [0.5, 0.6) is 0 Å². The lowest BCUT2D eigenvalue weighted by Crippen LogP contribution is -2.50. The van der Waals surface area contributed by atoms with Crippen molar-refractivity contribution in [2.45, 2.75) is 25.3 Å². The molecule has 1 fully saturated rings. The first-order chi connectivity index (χ1) is 10.5. The van der Waals surface area contributed by atoms with E-state index in [1.807, 2.05) is 30.5 Å². The number of carboxylic acid groups (broad SMARTS) is 1. The zero-order chi connectivity index (χ0) is 15.7. The van der Waals surface area contributed by atoms with Crippen LogP contribution in [0, 0.1) is 6.92 Å². The highest BCUT2D eigenvalue weighted by atomic mass is 32.1. The van der Waals surface area contributed by atoms with Crippen molar-refractivity contribution in [1.82, 2.24) is 5.32 Å². The minimum atomic E-state index is -0.934. The van der Waals surface area contributed by atoms with Crippen molar-refractivity contribution in [3.8, 4) is 0 Å². The molecule has 6 heteroatoms. The minimum absolute atomic E-state index is 0.125. The smallest absolute Gasteiger partial charge is 0.305 e. The van der Waals surface area contributed by atoms with Crippen molar-refractivity contribution in [3.05, 3.63) is 34.7 Å². The Balaban J connectivity index is 1.87. The molecule has 5 nitrogen and oxygen atoms in total. The minimum Gasteiger partial charge on any atom is -0.481 e. The van der Waals surface area contributed by atoms with E-state index >= 15 is 0 Å². The molecule has 1 saturated heterocycles. The summed E-state index contributed by atoms with van der Waals surface area (Å²) in [7, 11) is 0. The molecule has 2 heterocycles. The second-order valence-corrected chi connectivity index (χ2v) is 6.67. The van der Waals surface area contributed by atoms with Crippen molar-refractivity contribution >= 4 is 33.3 Å². The predicted molar refractivity (Wildman–Crippen MR) is 84.4 cm³/mol. The average Bonchev–Trinajstić information content (AvgIpc) is 3.04. The fourth-order valence-corrected chi connectivity index (χ4v) is 3.84. The molecular weight excluding hydrogens is 302 g/mol. The number of nitrogens with one attached hydrogen (secondary N) is 1. The molecule has 0 spiro atoms. The average molecular weight is 319 g/mol. The van der Waals surface area contributed by atoms with Gasteiger partial charge in [-0.2, -0.15) is 0 Å². The second kappa shape index (κ2) is 5.70. The molecule has 2 N–H and O–H groups in total. The third-order valence-corrected chi connectivity index (χ3v) is 4.89. The Morgan fingerprint density at radius 3 is 2.95 bits per heavy atom. The fraction of sp³-hybridized carbons (Fsp3) is 0.375. The molecule has 116 valence electrons. The normalized spacial score (nSPS) is 21.1. The molecule has 1 atom stereocenters. The molecule has 1 amide bonds. The number of ether oxygens (including phenoxy) is 1. The summed E-state index contributed by atoms with van der Waals surface area (Å²) in [6, 6.07) is 5.95. The predicted octanol–water partition coefficient (Wildman–Crippen LogP) is 2.57. The lowest BCUT2D eigenvalue weighted by Gasteiger charge is -2.26. The zero-order valence-corrected chi connectivity index (χ0v) is 13.0. The number of hydrogen-bond acceptors (Lipinski definition) is 4. The van der Waals surface area contributed by atoms with Gasteiger partial charge in [0.25, 0.3) is 5.91 Å². The highest BCUT2D eigenvalue weighted by Gasteiger charge is 2.39. The van der Waals surface area contributed by atoms with Crippen LogP contribution >= 0.6 is 11.3 Å². The van der Waals surface area contributed by atoms with Crippen molar-refractivity contribution < 1.29 is 19.4 Å². The van der Waals surface area contributed by atoms with Gasteiger partial charge in [0.15, 0.2) is 0 Å². The van der Waals surface area contributed by atoms with Crippen LogP contribution in [0.3, 0.4) is 0 Å². The first-order valence-corrected chi connectivity index (χ1v) is 7.97. The number of fused-ring (bicyclic) bond motifs is 1. The summed E-state index contributed by atoms with van der Waals surface area (Å²) in [5.41, 5.74) is 0.937. The number of rotatable bonds is 4. The van der Waals surface area contributed by atoms with Crippen LogP contribution in [0.1, 0.15) is 28.8 Å². The van der Waals surface area contributed by atoms with Crippen LogP contribution in [0.2, 0.25) is 0 Å². The van der Waals surface area contributed by atoms with Crippen LogP contribution in [0.15, 0.2) is 23.6 Å². The molecule has 0 saturated carbocycles. The van der Waals surface area contributed by atoms with Gasteiger partial charge in [0.05, 0.1) is 24.1 Å². The van der Waals surface area contributed by atoms with Crippen LogP contribution in [0.25, 0.3) is 10.1 Å². The Kier molecular flexibility index (Phi) is 3.88. The molecule has 1 aromatic carbocycles. The van der Waals surface area contributed by atoms with Gasteiger partial charge in [0.1, 0.15) is 0 Å². The van der Waals surface area contributed by atoms with E-state index in [0.717, 1.165) is 15.6 Å². The first kappa shape index (κ1) is 15.0. The topological polar surface area (TPSA) is 75.6 Å². The van der Waals surface area contributed by atoms with E-state index in [9.17, 15) is 9.59 Å². The van der Waals surface area contributed by atoms with Gasteiger partial charge in [-0.15, -0.1) is 11.3 Å². The van der Waals surface area contributed by atoms with Crippen LogP contribution < -0.4 is 5.32 Å². The Bertz CT molecular complexity index is 731. The highest BCUT2D eigenvalue weighted by molar-refractivity contribution is 7.17. The summed E-state index contributed by atoms with van der Waals surface area (Å²) in [4.78, 5) is 23.7. The molecule has 0 radical (unpaired) electrons. The summed E-state index contributed by atoms with van der Waals surface area (Å²) in [6.45, 7) is 2.72. The number of aliphatic carboxylic acids is 1. The maximum Gasteiger partial charge on any atom is 0.305 e. The van der Waals surface area contributed by atoms with Gasteiger partial charge in [-0.1, -0.05) is 12.1 Å². The second-order valence-electron chi connectivity index (χ2n) is 5.76. The number of benzene rings is 1. The van der Waals surface area contributed by atoms with Gasteiger partial charge in [-0.05, 0) is 25.0 Å². The SMILES string of the molecule is Cc1ccc2c(C(=O)NC3(CC(=O)O)CCOC3)csc2c1. The Labute approximate surface area is 131 Å². The highest BCUT2D eigenvalue weighted by Crippen LogP contribution is 2.29. The largest absolute Gasteiger partial charge is 0.481 e. The van der Waals surface area contributed by atoms with E-state index in [1.54, 1.807) is 0 Å². The number of carbonyl (C=O) groups is 2. The lowest BCUT2D eigenvalue weighted by atomic mass is 9.93. The molecule has 0 aliphatic carbocycles. The number of carboxylic acids is 1. The van der Waals surface area contributed by atoms with Gasteiger partial charge in [0, 0.05) is 22.1 Å². The molecule has 1 aromatic heterocycles. The summed E-state index contributed by atoms with van der Waals surface area (Å²) in [5, 5.41) is 14.7. The lowest BCUT2D eigenvalue weighted by molar-refractivity contribution is -0.138. The molecule has 1 unspecified atom stereocenters.